The van der Waals surface area contributed by atoms with Crippen molar-refractivity contribution in [3.05, 3.63) is 0 Å². The Labute approximate surface area is 110 Å². The van der Waals surface area contributed by atoms with Crippen LogP contribution in [0, 0.1) is 11.3 Å². The Kier molecular flexibility index (Phi) is 4.62. The van der Waals surface area contributed by atoms with Crippen LogP contribution in [0.4, 0.5) is 0 Å². The maximum absolute atomic E-state index is 12.5. The molecule has 0 aromatic heterocycles. The van der Waals surface area contributed by atoms with E-state index in [0.717, 1.165) is 52.0 Å². The molecule has 1 amide bonds. The Morgan fingerprint density at radius 2 is 2.22 bits per heavy atom. The number of ether oxygens (including phenoxy) is 1. The number of carbonyl (C=O) groups is 1. The minimum atomic E-state index is -0.167. The van der Waals surface area contributed by atoms with Gasteiger partial charge in [-0.3, -0.25) is 4.79 Å². The van der Waals surface area contributed by atoms with E-state index >= 15 is 0 Å². The van der Waals surface area contributed by atoms with Crippen LogP contribution >= 0.6 is 0 Å². The highest BCUT2D eigenvalue weighted by Crippen LogP contribution is 2.30. The molecule has 2 fully saturated rings. The van der Waals surface area contributed by atoms with E-state index in [1.165, 1.54) is 0 Å². The third kappa shape index (κ3) is 2.86. The Balaban J connectivity index is 1.89. The minimum Gasteiger partial charge on any atom is -0.381 e. The van der Waals surface area contributed by atoms with Crippen molar-refractivity contribution >= 4 is 5.91 Å². The molecular formula is C14H26N2O2. The fourth-order valence-corrected chi connectivity index (χ4v) is 3.09. The molecule has 0 aromatic carbocycles. The highest BCUT2D eigenvalue weighted by Gasteiger charge is 2.40. The van der Waals surface area contributed by atoms with Crippen LogP contribution in [-0.4, -0.2) is 38.3 Å². The third-order valence-corrected chi connectivity index (χ3v) is 4.73. The molecule has 2 saturated heterocycles. The second-order valence-corrected chi connectivity index (χ2v) is 5.77. The van der Waals surface area contributed by atoms with E-state index in [9.17, 15) is 4.79 Å². The first-order chi connectivity index (χ1) is 8.68. The number of hydrogen-bond donors (Lipinski definition) is 2. The number of nitrogens with one attached hydrogen (secondary N) is 2. The van der Waals surface area contributed by atoms with Crippen LogP contribution < -0.4 is 10.6 Å². The molecular weight excluding hydrogens is 228 g/mol. The average Bonchev–Trinajstić information content (AvgIpc) is 2.89. The van der Waals surface area contributed by atoms with Gasteiger partial charge in [0.1, 0.15) is 0 Å². The van der Waals surface area contributed by atoms with E-state index in [2.05, 4.69) is 24.5 Å². The normalized spacial score (nSPS) is 31.2. The van der Waals surface area contributed by atoms with Crippen molar-refractivity contribution in [1.82, 2.24) is 10.6 Å². The second kappa shape index (κ2) is 6.02. The Morgan fingerprint density at radius 3 is 2.78 bits per heavy atom. The van der Waals surface area contributed by atoms with Crippen LogP contribution in [-0.2, 0) is 9.53 Å². The van der Waals surface area contributed by atoms with Gasteiger partial charge in [-0.1, -0.05) is 6.92 Å². The van der Waals surface area contributed by atoms with E-state index in [1.807, 2.05) is 0 Å². The van der Waals surface area contributed by atoms with E-state index in [0.29, 0.717) is 5.92 Å². The van der Waals surface area contributed by atoms with Gasteiger partial charge >= 0.3 is 0 Å². The molecule has 104 valence electrons. The van der Waals surface area contributed by atoms with Gasteiger partial charge in [0.05, 0.1) is 5.41 Å². The maximum Gasteiger partial charge on any atom is 0.227 e. The summed E-state index contributed by atoms with van der Waals surface area (Å²) in [7, 11) is 0. The average molecular weight is 254 g/mol. The summed E-state index contributed by atoms with van der Waals surface area (Å²) < 4.78 is 5.37. The van der Waals surface area contributed by atoms with Crippen molar-refractivity contribution in [1.29, 1.82) is 0 Å². The van der Waals surface area contributed by atoms with Crippen molar-refractivity contribution in [2.75, 3.05) is 26.3 Å². The molecule has 18 heavy (non-hydrogen) atoms. The minimum absolute atomic E-state index is 0.167. The smallest absolute Gasteiger partial charge is 0.227 e. The number of amides is 1. The molecule has 0 spiro atoms. The van der Waals surface area contributed by atoms with Gasteiger partial charge in [-0.05, 0) is 45.1 Å². The molecule has 2 heterocycles. The summed E-state index contributed by atoms with van der Waals surface area (Å²) in [6.07, 6.45) is 4.03. The first-order valence-electron chi connectivity index (χ1n) is 7.27. The van der Waals surface area contributed by atoms with Crippen LogP contribution in [0.25, 0.3) is 0 Å². The molecule has 0 saturated carbocycles. The second-order valence-electron chi connectivity index (χ2n) is 5.77. The molecule has 0 aliphatic carbocycles. The number of rotatable bonds is 4. The molecule has 0 radical (unpaired) electrons. The SMILES string of the molecule is CCC1(C(=O)NC(C)C2CCOCC2)CCNC1. The summed E-state index contributed by atoms with van der Waals surface area (Å²) in [5.41, 5.74) is -0.167. The van der Waals surface area contributed by atoms with Crippen molar-refractivity contribution in [2.45, 2.75) is 45.6 Å². The van der Waals surface area contributed by atoms with Gasteiger partial charge < -0.3 is 15.4 Å². The maximum atomic E-state index is 12.5. The van der Waals surface area contributed by atoms with Crippen LogP contribution in [0.15, 0.2) is 0 Å². The molecule has 2 atom stereocenters. The van der Waals surface area contributed by atoms with Crippen LogP contribution in [0.1, 0.15) is 39.5 Å². The molecule has 2 aliphatic heterocycles. The van der Waals surface area contributed by atoms with E-state index < -0.39 is 0 Å². The van der Waals surface area contributed by atoms with Gasteiger partial charge in [-0.2, -0.15) is 0 Å². The lowest BCUT2D eigenvalue weighted by Crippen LogP contribution is -2.48. The summed E-state index contributed by atoms with van der Waals surface area (Å²) in [6.45, 7) is 7.73. The van der Waals surface area contributed by atoms with Crippen molar-refractivity contribution < 1.29 is 9.53 Å². The highest BCUT2D eigenvalue weighted by molar-refractivity contribution is 5.83. The first-order valence-corrected chi connectivity index (χ1v) is 7.27. The van der Waals surface area contributed by atoms with Crippen LogP contribution in [0.2, 0.25) is 0 Å². The highest BCUT2D eigenvalue weighted by atomic mass is 16.5. The number of hydrogen-bond acceptors (Lipinski definition) is 3. The molecule has 2 rings (SSSR count). The number of carbonyl (C=O) groups excluding carboxylic acids is 1. The van der Waals surface area contributed by atoms with Crippen LogP contribution in [0.5, 0.6) is 0 Å². The standard InChI is InChI=1S/C14H26N2O2/c1-3-14(6-7-15-10-14)13(17)16-11(2)12-4-8-18-9-5-12/h11-12,15H,3-10H2,1-2H3,(H,16,17). The molecule has 2 aliphatic rings. The van der Waals surface area contributed by atoms with E-state index in [4.69, 9.17) is 4.74 Å². The van der Waals surface area contributed by atoms with Gasteiger partial charge in [0.25, 0.3) is 0 Å². The van der Waals surface area contributed by atoms with E-state index in [-0.39, 0.29) is 17.4 Å². The van der Waals surface area contributed by atoms with Gasteiger partial charge in [0.2, 0.25) is 5.91 Å². The quantitative estimate of drug-likeness (QED) is 0.795. The van der Waals surface area contributed by atoms with Gasteiger partial charge in [0, 0.05) is 25.8 Å². The summed E-state index contributed by atoms with van der Waals surface area (Å²) in [5, 5.41) is 6.57. The zero-order valence-corrected chi connectivity index (χ0v) is 11.6. The van der Waals surface area contributed by atoms with Crippen LogP contribution in [0.3, 0.4) is 0 Å². The monoisotopic (exact) mass is 254 g/mol. The zero-order valence-electron chi connectivity index (χ0n) is 11.6. The molecule has 0 aromatic rings. The van der Waals surface area contributed by atoms with Gasteiger partial charge in [-0.15, -0.1) is 0 Å². The first kappa shape index (κ1) is 13.8. The van der Waals surface area contributed by atoms with Crippen molar-refractivity contribution in [3.63, 3.8) is 0 Å². The Hall–Kier alpha value is -0.610. The van der Waals surface area contributed by atoms with Gasteiger partial charge in [-0.25, -0.2) is 0 Å². The molecule has 4 heteroatoms. The summed E-state index contributed by atoms with van der Waals surface area (Å²) in [5.74, 6) is 0.819. The van der Waals surface area contributed by atoms with Crippen molar-refractivity contribution in [2.24, 2.45) is 11.3 Å². The lowest BCUT2D eigenvalue weighted by molar-refractivity contribution is -0.131. The lowest BCUT2D eigenvalue weighted by Gasteiger charge is -2.32. The summed E-state index contributed by atoms with van der Waals surface area (Å²) in [6, 6.07) is 0.269. The summed E-state index contributed by atoms with van der Waals surface area (Å²) >= 11 is 0. The predicted molar refractivity (Wildman–Crippen MR) is 71.4 cm³/mol. The predicted octanol–water partition coefficient (Wildman–Crippen LogP) is 1.31. The molecule has 2 unspecified atom stereocenters. The topological polar surface area (TPSA) is 50.4 Å². The lowest BCUT2D eigenvalue weighted by atomic mass is 9.82. The zero-order chi connectivity index (χ0) is 13.0. The fraction of sp³-hybridized carbons (Fsp3) is 0.929. The van der Waals surface area contributed by atoms with Gasteiger partial charge in [0.15, 0.2) is 0 Å². The molecule has 4 nitrogen and oxygen atoms in total. The Morgan fingerprint density at radius 1 is 1.50 bits per heavy atom. The Bertz CT molecular complexity index is 282. The fourth-order valence-electron chi connectivity index (χ4n) is 3.09. The molecule has 2 N–H and O–H groups in total. The summed E-state index contributed by atoms with van der Waals surface area (Å²) in [4.78, 5) is 12.5. The van der Waals surface area contributed by atoms with E-state index in [1.54, 1.807) is 0 Å². The molecule has 0 bridgehead atoms. The third-order valence-electron chi connectivity index (χ3n) is 4.73. The van der Waals surface area contributed by atoms with Crippen molar-refractivity contribution in [3.8, 4) is 0 Å². The largest absolute Gasteiger partial charge is 0.381 e.